The van der Waals surface area contributed by atoms with E-state index in [0.717, 1.165) is 35.6 Å². The third kappa shape index (κ3) is 10.4. The average Bonchev–Trinajstić information content (AvgIpc) is 3.59. The summed E-state index contributed by atoms with van der Waals surface area (Å²) in [4.78, 5) is 55.6. The number of anilines is 1. The van der Waals surface area contributed by atoms with Crippen LogP contribution in [-0.2, 0) is 30.3 Å². The first-order valence-electron chi connectivity index (χ1n) is 16.8. The van der Waals surface area contributed by atoms with E-state index in [4.69, 9.17) is 4.74 Å². The molecule has 9 nitrogen and oxygen atoms in total. The molecule has 254 valence electrons. The number of likely N-dealkylation sites (tertiary alicyclic amines) is 1. The Kier molecular flexibility index (Phi) is 13.9. The number of hydrogen-bond acceptors (Lipinski definition) is 6. The van der Waals surface area contributed by atoms with Crippen LogP contribution >= 0.6 is 0 Å². The number of amides is 3. The number of hydrogen-bond donors (Lipinski definition) is 3. The van der Waals surface area contributed by atoms with E-state index in [1.807, 2.05) is 72.8 Å². The van der Waals surface area contributed by atoms with Gasteiger partial charge in [-0.2, -0.15) is 0 Å². The number of allylic oxidation sites excluding steroid dienone is 2. The van der Waals surface area contributed by atoms with Crippen LogP contribution in [0.2, 0.25) is 0 Å². The molecule has 0 radical (unpaired) electrons. The summed E-state index contributed by atoms with van der Waals surface area (Å²) in [5.74, 6) is -3.02. The maximum absolute atomic E-state index is 13.7. The summed E-state index contributed by atoms with van der Waals surface area (Å²) < 4.78 is 5.77. The lowest BCUT2D eigenvalue weighted by atomic mass is 9.94. The second kappa shape index (κ2) is 18.5. The molecule has 0 aromatic heterocycles. The number of unbranched alkanes of at least 4 members (excludes halogenated alkanes) is 1. The molecule has 1 saturated heterocycles. The van der Waals surface area contributed by atoms with Gasteiger partial charge in [-0.25, -0.2) is 0 Å². The van der Waals surface area contributed by atoms with Crippen LogP contribution in [0.3, 0.4) is 0 Å². The minimum absolute atomic E-state index is 0.102. The van der Waals surface area contributed by atoms with Crippen molar-refractivity contribution in [2.75, 3.05) is 25.1 Å². The Labute approximate surface area is 283 Å². The molecule has 3 aromatic carbocycles. The highest BCUT2D eigenvalue weighted by Crippen LogP contribution is 2.23. The van der Waals surface area contributed by atoms with Crippen molar-refractivity contribution in [3.8, 4) is 0 Å². The Morgan fingerprint density at radius 2 is 1.69 bits per heavy atom. The summed E-state index contributed by atoms with van der Waals surface area (Å²) in [5, 5.41) is 17.3. The van der Waals surface area contributed by atoms with E-state index in [1.54, 1.807) is 17.0 Å². The van der Waals surface area contributed by atoms with Gasteiger partial charge in [0.2, 0.25) is 11.8 Å². The van der Waals surface area contributed by atoms with Gasteiger partial charge in [-0.1, -0.05) is 72.8 Å². The molecule has 0 unspecified atom stereocenters. The summed E-state index contributed by atoms with van der Waals surface area (Å²) in [6.07, 6.45) is 7.54. The van der Waals surface area contributed by atoms with E-state index in [2.05, 4.69) is 23.8 Å². The second-order valence-electron chi connectivity index (χ2n) is 12.3. The maximum atomic E-state index is 13.7. The highest BCUT2D eigenvalue weighted by Gasteiger charge is 2.33. The fourth-order valence-corrected chi connectivity index (χ4v) is 6.13. The molecule has 1 heterocycles. The lowest BCUT2D eigenvalue weighted by molar-refractivity contribution is -0.151. The van der Waals surface area contributed by atoms with Crippen LogP contribution in [0.25, 0.3) is 10.8 Å². The van der Waals surface area contributed by atoms with Gasteiger partial charge in [0.05, 0.1) is 24.5 Å². The number of fused-ring (bicyclic) bond motifs is 1. The Hall–Kier alpha value is -4.76. The van der Waals surface area contributed by atoms with E-state index in [-0.39, 0.29) is 38.0 Å². The van der Waals surface area contributed by atoms with Crippen molar-refractivity contribution in [1.82, 2.24) is 10.2 Å². The number of aliphatic hydroxyl groups excluding tert-OH is 1. The molecule has 0 saturated carbocycles. The van der Waals surface area contributed by atoms with E-state index in [9.17, 15) is 24.3 Å². The number of benzene rings is 3. The van der Waals surface area contributed by atoms with Crippen molar-refractivity contribution in [1.29, 1.82) is 0 Å². The highest BCUT2D eigenvalue weighted by molar-refractivity contribution is 5.99. The summed E-state index contributed by atoms with van der Waals surface area (Å²) in [6.45, 7) is 7.54. The summed E-state index contributed by atoms with van der Waals surface area (Å²) in [6, 6.07) is 21.4. The quantitative estimate of drug-likeness (QED) is 0.0935. The molecular weight excluding hydrogens is 606 g/mol. The van der Waals surface area contributed by atoms with Crippen molar-refractivity contribution in [2.24, 2.45) is 11.8 Å². The zero-order valence-electron chi connectivity index (χ0n) is 27.5. The zero-order chi connectivity index (χ0) is 34.3. The third-order valence-corrected chi connectivity index (χ3v) is 8.81. The molecule has 0 spiro atoms. The van der Waals surface area contributed by atoms with Crippen LogP contribution in [-0.4, -0.2) is 65.5 Å². The first kappa shape index (κ1) is 36.1. The van der Waals surface area contributed by atoms with Crippen molar-refractivity contribution < 1.29 is 29.0 Å². The van der Waals surface area contributed by atoms with E-state index >= 15 is 0 Å². The number of nitrogens with one attached hydrogen (secondary N) is 2. The molecule has 1 aliphatic rings. The molecular formula is C39H47N3O6. The van der Waals surface area contributed by atoms with Crippen molar-refractivity contribution in [3.63, 3.8) is 0 Å². The van der Waals surface area contributed by atoms with Crippen molar-refractivity contribution in [2.45, 2.75) is 63.5 Å². The number of ether oxygens (including phenoxy) is 1. The van der Waals surface area contributed by atoms with Crippen molar-refractivity contribution >= 4 is 40.2 Å². The first-order valence-corrected chi connectivity index (χ1v) is 16.8. The zero-order valence-corrected chi connectivity index (χ0v) is 27.5. The number of rotatable bonds is 18. The van der Waals surface area contributed by atoms with E-state index in [1.165, 1.54) is 0 Å². The van der Waals surface area contributed by atoms with Gasteiger partial charge in [0.15, 0.2) is 0 Å². The Morgan fingerprint density at radius 3 is 2.42 bits per heavy atom. The van der Waals surface area contributed by atoms with Crippen LogP contribution < -0.4 is 10.6 Å². The molecule has 0 aliphatic carbocycles. The van der Waals surface area contributed by atoms with Crippen LogP contribution in [0.5, 0.6) is 0 Å². The van der Waals surface area contributed by atoms with Gasteiger partial charge >= 0.3 is 5.97 Å². The normalized spacial score (nSPS) is 16.0. The van der Waals surface area contributed by atoms with Gasteiger partial charge in [0, 0.05) is 18.7 Å². The lowest BCUT2D eigenvalue weighted by Gasteiger charge is -2.26. The number of carbonyl (C=O) groups excluding carboxylic acids is 4. The van der Waals surface area contributed by atoms with Gasteiger partial charge in [-0.15, -0.1) is 13.2 Å². The van der Waals surface area contributed by atoms with E-state index in [0.29, 0.717) is 31.5 Å². The molecule has 3 N–H and O–H groups in total. The predicted octanol–water partition coefficient (Wildman–Crippen LogP) is 5.59. The first-order chi connectivity index (χ1) is 23.3. The maximum Gasteiger partial charge on any atom is 0.309 e. The summed E-state index contributed by atoms with van der Waals surface area (Å²) in [7, 11) is 0. The van der Waals surface area contributed by atoms with Crippen molar-refractivity contribution in [3.05, 3.63) is 104 Å². The number of nitrogens with zero attached hydrogens (tertiary/aromatic N) is 1. The summed E-state index contributed by atoms with van der Waals surface area (Å²) in [5.41, 5.74) is 1.52. The molecule has 3 aromatic rings. The topological polar surface area (TPSA) is 125 Å². The largest absolute Gasteiger partial charge is 0.463 e. The van der Waals surface area contributed by atoms with E-state index < -0.39 is 35.7 Å². The Bertz CT molecular complexity index is 1560. The highest BCUT2D eigenvalue weighted by atomic mass is 16.5. The second-order valence-corrected chi connectivity index (χ2v) is 12.3. The molecule has 3 amide bonds. The molecule has 0 bridgehead atoms. The minimum atomic E-state index is -1.22. The average molecular weight is 654 g/mol. The molecule has 48 heavy (non-hydrogen) atoms. The Morgan fingerprint density at radius 1 is 0.938 bits per heavy atom. The number of aliphatic hydroxyl groups is 1. The SMILES string of the molecule is C=CCCC[C@H](Cc1ccccc1)C(=O)OC[C@H](NC(=O)[C@@H](CC=C)CC(=O)N1CCC[C@H]1CO)C(=O)Nc1ccc2ccccc2c1. The Balaban J connectivity index is 1.51. The molecule has 4 atom stereocenters. The monoisotopic (exact) mass is 653 g/mol. The predicted molar refractivity (Wildman–Crippen MR) is 188 cm³/mol. The van der Waals surface area contributed by atoms with Crippen LogP contribution in [0, 0.1) is 11.8 Å². The fraction of sp³-hybridized carbons (Fsp3) is 0.385. The molecule has 9 heteroatoms. The van der Waals surface area contributed by atoms with Gasteiger partial charge < -0.3 is 25.4 Å². The van der Waals surface area contributed by atoms with Crippen LogP contribution in [0.15, 0.2) is 98.1 Å². The van der Waals surface area contributed by atoms with Crippen LogP contribution in [0.1, 0.15) is 50.5 Å². The summed E-state index contributed by atoms with van der Waals surface area (Å²) >= 11 is 0. The van der Waals surface area contributed by atoms with Gasteiger partial charge in [-0.05, 0) is 73.4 Å². The smallest absolute Gasteiger partial charge is 0.309 e. The lowest BCUT2D eigenvalue weighted by Crippen LogP contribution is -2.50. The van der Waals surface area contributed by atoms with Crippen LogP contribution in [0.4, 0.5) is 5.69 Å². The van der Waals surface area contributed by atoms with Gasteiger partial charge in [0.1, 0.15) is 12.6 Å². The fourth-order valence-electron chi connectivity index (χ4n) is 6.13. The standard InChI is InChI=1S/C39H47N3O6/c1-3-5-7-18-32(23-28-14-8-6-9-15-28)39(47)48-27-35(38(46)40-33-21-20-29-16-10-11-17-30(29)24-33)41-37(45)31(13-4-2)25-36(44)42-22-12-19-34(42)26-43/h3-4,6,8-11,14-17,20-21,24,31-32,34-35,43H,1-2,5,7,12-13,18-19,22-23,25-27H2,(H,40,46)(H,41,45)/t31-,32+,34-,35-/m0/s1. The minimum Gasteiger partial charge on any atom is -0.463 e. The molecule has 4 rings (SSSR count). The molecule has 1 fully saturated rings. The number of carbonyl (C=O) groups is 4. The van der Waals surface area contributed by atoms with Gasteiger partial charge in [0.25, 0.3) is 5.91 Å². The number of esters is 1. The molecule has 1 aliphatic heterocycles. The van der Waals surface area contributed by atoms with Gasteiger partial charge in [-0.3, -0.25) is 19.2 Å². The third-order valence-electron chi connectivity index (χ3n) is 8.81.